The predicted octanol–water partition coefficient (Wildman–Crippen LogP) is 10.6. The number of piperidine rings is 2. The van der Waals surface area contributed by atoms with Crippen LogP contribution < -0.4 is 14.7 Å². The van der Waals surface area contributed by atoms with Crippen molar-refractivity contribution in [3.05, 3.63) is 83.6 Å². The Labute approximate surface area is 286 Å². The number of hydrogen-bond donors (Lipinski definition) is 0. The van der Waals surface area contributed by atoms with Gasteiger partial charge in [-0.15, -0.1) is 0 Å². The first-order valence-corrected chi connectivity index (χ1v) is 18.7. The highest BCUT2D eigenvalue weighted by Gasteiger charge is 2.33. The first-order valence-electron chi connectivity index (χ1n) is 18.7. The summed E-state index contributed by atoms with van der Waals surface area (Å²) in [7, 11) is 2.24. The van der Waals surface area contributed by atoms with Gasteiger partial charge in [-0.2, -0.15) is 0 Å². The maximum atomic E-state index is 2.71. The van der Waals surface area contributed by atoms with Crippen LogP contribution in [0.4, 0.5) is 17.1 Å². The number of anilines is 3. The lowest BCUT2D eigenvalue weighted by Crippen LogP contribution is -2.38. The predicted molar refractivity (Wildman–Crippen MR) is 204 cm³/mol. The molecule has 6 rings (SSSR count). The van der Waals surface area contributed by atoms with Crippen LogP contribution in [0.5, 0.6) is 0 Å². The van der Waals surface area contributed by atoms with E-state index in [0.717, 1.165) is 62.9 Å². The van der Waals surface area contributed by atoms with Gasteiger partial charge in [0.1, 0.15) is 0 Å². The monoisotopic (exact) mass is 632 g/mol. The second-order valence-electron chi connectivity index (χ2n) is 15.5. The maximum Gasteiger partial charge on any atom is 0.0945 e. The van der Waals surface area contributed by atoms with Crippen molar-refractivity contribution in [3.8, 4) is 11.1 Å². The van der Waals surface area contributed by atoms with Gasteiger partial charge in [0.05, 0.1) is 18.1 Å². The fourth-order valence-corrected chi connectivity index (χ4v) is 8.59. The average Bonchev–Trinajstić information content (AvgIpc) is 3.48. The minimum absolute atomic E-state index is 0.546. The minimum Gasteiger partial charge on any atom is -0.371 e. The van der Waals surface area contributed by atoms with Crippen LogP contribution in [0.2, 0.25) is 0 Å². The zero-order valence-corrected chi connectivity index (χ0v) is 30.6. The summed E-state index contributed by atoms with van der Waals surface area (Å²) in [5, 5.41) is 0. The molecule has 0 bridgehead atoms. The highest BCUT2D eigenvalue weighted by molar-refractivity contribution is 5.96. The summed E-state index contributed by atoms with van der Waals surface area (Å²) in [5.74, 6) is 3.70. The molecular weight excluding hydrogens is 573 g/mol. The molecule has 0 amide bonds. The number of para-hydroxylation sites is 1. The van der Waals surface area contributed by atoms with Gasteiger partial charge >= 0.3 is 0 Å². The Hall–Kier alpha value is -3.40. The molecule has 1 unspecified atom stereocenters. The van der Waals surface area contributed by atoms with E-state index >= 15 is 0 Å². The quantitative estimate of drug-likeness (QED) is 0.233. The van der Waals surface area contributed by atoms with Crippen molar-refractivity contribution in [2.24, 2.45) is 23.7 Å². The van der Waals surface area contributed by atoms with E-state index in [1.54, 1.807) is 0 Å². The molecule has 3 heterocycles. The summed E-state index contributed by atoms with van der Waals surface area (Å²) in [4.78, 5) is 10.4. The SMILES string of the molecule is CCC(C)c1cccc(-c2ccccc2N2CN(C)C=C2c2c(N3CCC(C(C)C)CC3)cccc2N2CCC(C(C)C)CC2)c1C. The van der Waals surface area contributed by atoms with Gasteiger partial charge in [-0.25, -0.2) is 0 Å². The van der Waals surface area contributed by atoms with Crippen LogP contribution in [0, 0.1) is 30.6 Å². The average molecular weight is 633 g/mol. The van der Waals surface area contributed by atoms with Gasteiger partial charge in [0.25, 0.3) is 0 Å². The van der Waals surface area contributed by atoms with Crippen molar-refractivity contribution in [1.29, 1.82) is 0 Å². The Morgan fingerprint density at radius 3 is 1.72 bits per heavy atom. The number of nitrogens with zero attached hydrogens (tertiary/aromatic N) is 4. The second-order valence-corrected chi connectivity index (χ2v) is 15.5. The van der Waals surface area contributed by atoms with E-state index in [1.807, 2.05) is 0 Å². The lowest BCUT2D eigenvalue weighted by molar-refractivity contribution is 0.310. The molecule has 0 aromatic heterocycles. The number of rotatable bonds is 9. The highest BCUT2D eigenvalue weighted by atomic mass is 15.4. The number of hydrogen-bond acceptors (Lipinski definition) is 4. The third-order valence-corrected chi connectivity index (χ3v) is 11.9. The molecule has 2 saturated heterocycles. The molecule has 4 heteroatoms. The molecule has 0 aliphatic carbocycles. The first-order chi connectivity index (χ1) is 22.7. The Morgan fingerprint density at radius 2 is 1.17 bits per heavy atom. The summed E-state index contributed by atoms with van der Waals surface area (Å²) in [6.07, 6.45) is 8.68. The topological polar surface area (TPSA) is 13.0 Å². The van der Waals surface area contributed by atoms with Crippen LogP contribution in [0.1, 0.15) is 96.3 Å². The van der Waals surface area contributed by atoms with Crippen molar-refractivity contribution in [2.45, 2.75) is 86.5 Å². The molecule has 4 nitrogen and oxygen atoms in total. The van der Waals surface area contributed by atoms with Gasteiger partial charge in [-0.3, -0.25) is 0 Å². The van der Waals surface area contributed by atoms with Crippen molar-refractivity contribution in [2.75, 3.05) is 54.6 Å². The fourth-order valence-electron chi connectivity index (χ4n) is 8.59. The summed E-state index contributed by atoms with van der Waals surface area (Å²) < 4.78 is 0. The van der Waals surface area contributed by atoms with Crippen molar-refractivity contribution in [1.82, 2.24) is 4.90 Å². The van der Waals surface area contributed by atoms with E-state index in [1.165, 1.54) is 76.3 Å². The van der Waals surface area contributed by atoms with Gasteiger partial charge in [0.15, 0.2) is 0 Å². The van der Waals surface area contributed by atoms with Crippen LogP contribution >= 0.6 is 0 Å². The van der Waals surface area contributed by atoms with Gasteiger partial charge < -0.3 is 19.6 Å². The van der Waals surface area contributed by atoms with Gasteiger partial charge in [0, 0.05) is 61.9 Å². The van der Waals surface area contributed by atoms with E-state index in [2.05, 4.69) is 142 Å². The van der Waals surface area contributed by atoms with Crippen molar-refractivity contribution < 1.29 is 0 Å². The summed E-state index contributed by atoms with van der Waals surface area (Å²) >= 11 is 0. The van der Waals surface area contributed by atoms with Crippen molar-refractivity contribution in [3.63, 3.8) is 0 Å². The highest BCUT2D eigenvalue weighted by Crippen LogP contribution is 2.46. The normalized spacial score (nSPS) is 18.9. The lowest BCUT2D eigenvalue weighted by Gasteiger charge is -2.40. The Bertz CT molecular complexity index is 1490. The zero-order valence-electron chi connectivity index (χ0n) is 30.6. The van der Waals surface area contributed by atoms with E-state index in [-0.39, 0.29) is 0 Å². The maximum absolute atomic E-state index is 2.71. The Kier molecular flexibility index (Phi) is 10.2. The van der Waals surface area contributed by atoms with Crippen molar-refractivity contribution >= 4 is 22.8 Å². The van der Waals surface area contributed by atoms with E-state index in [0.29, 0.717) is 5.92 Å². The van der Waals surface area contributed by atoms with Gasteiger partial charge in [0.2, 0.25) is 0 Å². The van der Waals surface area contributed by atoms with E-state index in [9.17, 15) is 0 Å². The van der Waals surface area contributed by atoms with Crippen LogP contribution in [-0.2, 0) is 0 Å². The third kappa shape index (κ3) is 6.80. The molecular formula is C43H60N4. The molecule has 0 radical (unpaired) electrons. The van der Waals surface area contributed by atoms with Crippen LogP contribution in [0.3, 0.4) is 0 Å². The molecule has 2 fully saturated rings. The molecule has 0 spiro atoms. The molecule has 0 saturated carbocycles. The molecule has 47 heavy (non-hydrogen) atoms. The standard InChI is InChI=1S/C43H60N4/c1-9-32(6)36-15-12-16-37(33(36)7)38-14-10-11-17-39(38)47-29-44(8)28-42(47)43-40(45-24-20-34(21-25-45)30(2)3)18-13-19-41(43)46-26-22-35(23-27-46)31(4)5/h10-19,28,30-32,34-35H,9,20-27,29H2,1-8H3. The van der Waals surface area contributed by atoms with E-state index in [4.69, 9.17) is 0 Å². The molecule has 0 N–H and O–H groups in total. The minimum atomic E-state index is 0.546. The molecule has 3 aromatic rings. The van der Waals surface area contributed by atoms with E-state index < -0.39 is 0 Å². The Morgan fingerprint density at radius 1 is 0.660 bits per heavy atom. The second kappa shape index (κ2) is 14.4. The largest absolute Gasteiger partial charge is 0.371 e. The van der Waals surface area contributed by atoms with Crippen LogP contribution in [-0.4, -0.2) is 44.8 Å². The van der Waals surface area contributed by atoms with Crippen LogP contribution in [0.15, 0.2) is 66.9 Å². The van der Waals surface area contributed by atoms with Gasteiger partial charge in [-0.05, 0) is 104 Å². The molecule has 252 valence electrons. The first kappa shape index (κ1) is 33.5. The molecule has 1 atom stereocenters. The zero-order chi connectivity index (χ0) is 33.2. The number of benzene rings is 3. The summed E-state index contributed by atoms with van der Waals surface area (Å²) in [6, 6.07) is 23.2. The third-order valence-electron chi connectivity index (χ3n) is 11.9. The smallest absolute Gasteiger partial charge is 0.0945 e. The molecule has 3 aromatic carbocycles. The summed E-state index contributed by atoms with van der Waals surface area (Å²) in [5.41, 5.74) is 12.4. The Balaban J connectivity index is 1.45. The van der Waals surface area contributed by atoms with Crippen LogP contribution in [0.25, 0.3) is 16.8 Å². The molecule has 3 aliphatic heterocycles. The lowest BCUT2D eigenvalue weighted by atomic mass is 9.85. The molecule has 3 aliphatic rings. The fraction of sp³-hybridized carbons (Fsp3) is 0.535. The van der Waals surface area contributed by atoms with Gasteiger partial charge in [-0.1, -0.05) is 84.0 Å². The summed E-state index contributed by atoms with van der Waals surface area (Å²) in [6.45, 7) is 22.0.